The molecule has 6 heteroatoms. The zero-order chi connectivity index (χ0) is 12.1. The lowest BCUT2D eigenvalue weighted by molar-refractivity contribution is -0.120. The topological polar surface area (TPSA) is 58.1 Å². The fraction of sp³-hybridized carbons (Fsp3) is 0.500. The molecule has 0 aliphatic rings. The molecule has 0 bridgehead atoms. The lowest BCUT2D eigenvalue weighted by Crippen LogP contribution is -2.38. The highest BCUT2D eigenvalue weighted by atomic mass is 35.5. The molecule has 5 nitrogen and oxygen atoms in total. The predicted molar refractivity (Wildman–Crippen MR) is 63.6 cm³/mol. The van der Waals surface area contributed by atoms with Gasteiger partial charge in [0.15, 0.2) is 0 Å². The Hall–Kier alpha value is -1.36. The molecule has 1 amide bonds. The van der Waals surface area contributed by atoms with Gasteiger partial charge < -0.3 is 10.2 Å². The van der Waals surface area contributed by atoms with Crippen LogP contribution in [0.4, 0.5) is 5.82 Å². The van der Waals surface area contributed by atoms with Gasteiger partial charge in [0.1, 0.15) is 17.3 Å². The average Bonchev–Trinajstić information content (AvgIpc) is 2.16. The molecule has 0 spiro atoms. The fourth-order valence-corrected chi connectivity index (χ4v) is 1.34. The highest BCUT2D eigenvalue weighted by Gasteiger charge is 2.09. The van der Waals surface area contributed by atoms with Crippen molar-refractivity contribution in [1.82, 2.24) is 15.3 Å². The van der Waals surface area contributed by atoms with E-state index < -0.39 is 0 Å². The van der Waals surface area contributed by atoms with E-state index in [9.17, 15) is 4.79 Å². The SMILES string of the molecule is CC(C)NC(=O)CN(C)c1cc(Cl)ncn1. The summed E-state index contributed by atoms with van der Waals surface area (Å²) in [5, 5.41) is 3.16. The molecule has 1 heterocycles. The van der Waals surface area contributed by atoms with E-state index in [1.54, 1.807) is 18.0 Å². The monoisotopic (exact) mass is 242 g/mol. The van der Waals surface area contributed by atoms with Gasteiger partial charge in [0.05, 0.1) is 6.54 Å². The van der Waals surface area contributed by atoms with Crippen molar-refractivity contribution < 1.29 is 4.79 Å². The molecule has 0 saturated carbocycles. The van der Waals surface area contributed by atoms with E-state index in [1.807, 2.05) is 13.8 Å². The molecule has 0 aliphatic carbocycles. The van der Waals surface area contributed by atoms with Crippen molar-refractivity contribution in [2.75, 3.05) is 18.5 Å². The van der Waals surface area contributed by atoms with E-state index in [-0.39, 0.29) is 18.5 Å². The maximum atomic E-state index is 11.5. The van der Waals surface area contributed by atoms with E-state index in [2.05, 4.69) is 15.3 Å². The second-order valence-electron chi connectivity index (χ2n) is 3.78. The van der Waals surface area contributed by atoms with Crippen molar-refractivity contribution in [3.63, 3.8) is 0 Å². The molecular formula is C10H15ClN4O. The van der Waals surface area contributed by atoms with Gasteiger partial charge in [0.25, 0.3) is 0 Å². The van der Waals surface area contributed by atoms with Crippen molar-refractivity contribution in [3.05, 3.63) is 17.5 Å². The van der Waals surface area contributed by atoms with Gasteiger partial charge in [-0.25, -0.2) is 9.97 Å². The number of likely N-dealkylation sites (N-methyl/N-ethyl adjacent to an activating group) is 1. The Kier molecular flexibility index (Phi) is 4.49. The summed E-state index contributed by atoms with van der Waals surface area (Å²) >= 11 is 5.73. The number of nitrogens with zero attached hydrogens (tertiary/aromatic N) is 3. The highest BCUT2D eigenvalue weighted by molar-refractivity contribution is 6.29. The summed E-state index contributed by atoms with van der Waals surface area (Å²) in [6.07, 6.45) is 1.37. The van der Waals surface area contributed by atoms with Crippen LogP contribution in [0, 0.1) is 0 Å². The summed E-state index contributed by atoms with van der Waals surface area (Å²) in [4.78, 5) is 21.0. The van der Waals surface area contributed by atoms with Crippen LogP contribution in [0.15, 0.2) is 12.4 Å². The Balaban J connectivity index is 2.58. The van der Waals surface area contributed by atoms with Crippen LogP contribution >= 0.6 is 11.6 Å². The van der Waals surface area contributed by atoms with Crippen molar-refractivity contribution in [3.8, 4) is 0 Å². The van der Waals surface area contributed by atoms with Crippen molar-refractivity contribution in [2.45, 2.75) is 19.9 Å². The minimum absolute atomic E-state index is 0.0489. The zero-order valence-corrected chi connectivity index (χ0v) is 10.3. The number of anilines is 1. The number of rotatable bonds is 4. The molecule has 0 saturated heterocycles. The minimum atomic E-state index is -0.0489. The molecular weight excluding hydrogens is 228 g/mol. The molecule has 0 atom stereocenters. The first-order valence-electron chi connectivity index (χ1n) is 4.97. The van der Waals surface area contributed by atoms with Crippen LogP contribution in [0.1, 0.15) is 13.8 Å². The third-order valence-electron chi connectivity index (χ3n) is 1.84. The molecule has 88 valence electrons. The molecule has 16 heavy (non-hydrogen) atoms. The van der Waals surface area contributed by atoms with Gasteiger partial charge in [-0.3, -0.25) is 4.79 Å². The van der Waals surface area contributed by atoms with Crippen LogP contribution in [0.3, 0.4) is 0 Å². The van der Waals surface area contributed by atoms with E-state index in [0.717, 1.165) is 0 Å². The van der Waals surface area contributed by atoms with E-state index >= 15 is 0 Å². The molecule has 1 N–H and O–H groups in total. The quantitative estimate of drug-likeness (QED) is 0.803. The Morgan fingerprint density at radius 1 is 1.56 bits per heavy atom. The summed E-state index contributed by atoms with van der Waals surface area (Å²) in [6.45, 7) is 4.07. The number of nitrogens with one attached hydrogen (secondary N) is 1. The summed E-state index contributed by atoms with van der Waals surface area (Å²) in [7, 11) is 1.78. The number of hydrogen-bond acceptors (Lipinski definition) is 4. The summed E-state index contributed by atoms with van der Waals surface area (Å²) < 4.78 is 0. The lowest BCUT2D eigenvalue weighted by atomic mass is 10.4. The van der Waals surface area contributed by atoms with Crippen LogP contribution in [-0.4, -0.2) is 35.5 Å². The summed E-state index contributed by atoms with van der Waals surface area (Å²) in [6, 6.07) is 1.75. The van der Waals surface area contributed by atoms with Crippen molar-refractivity contribution >= 4 is 23.3 Å². The maximum absolute atomic E-state index is 11.5. The van der Waals surface area contributed by atoms with Crippen LogP contribution in [0.2, 0.25) is 5.15 Å². The molecule has 0 aromatic carbocycles. The molecule has 0 fully saturated rings. The molecule has 0 aliphatic heterocycles. The third kappa shape index (κ3) is 4.02. The second-order valence-corrected chi connectivity index (χ2v) is 4.16. The van der Waals surface area contributed by atoms with E-state index in [1.165, 1.54) is 6.33 Å². The van der Waals surface area contributed by atoms with Crippen LogP contribution in [0.5, 0.6) is 0 Å². The third-order valence-corrected chi connectivity index (χ3v) is 2.05. The Bertz CT molecular complexity index is 370. The van der Waals surface area contributed by atoms with Gasteiger partial charge in [0, 0.05) is 19.2 Å². The lowest BCUT2D eigenvalue weighted by Gasteiger charge is -2.18. The zero-order valence-electron chi connectivity index (χ0n) is 9.57. The minimum Gasteiger partial charge on any atom is -0.352 e. The maximum Gasteiger partial charge on any atom is 0.239 e. The van der Waals surface area contributed by atoms with Gasteiger partial charge in [-0.05, 0) is 13.8 Å². The van der Waals surface area contributed by atoms with Crippen LogP contribution in [-0.2, 0) is 4.79 Å². The standard InChI is InChI=1S/C10H15ClN4O/c1-7(2)14-10(16)5-15(3)9-4-8(11)12-6-13-9/h4,6-7H,5H2,1-3H3,(H,14,16). The van der Waals surface area contributed by atoms with Gasteiger partial charge in [-0.1, -0.05) is 11.6 Å². The number of halogens is 1. The van der Waals surface area contributed by atoms with Crippen molar-refractivity contribution in [2.24, 2.45) is 0 Å². The van der Waals surface area contributed by atoms with E-state index in [4.69, 9.17) is 11.6 Å². The number of amides is 1. The normalized spacial score (nSPS) is 10.3. The molecule has 1 aromatic heterocycles. The fourth-order valence-electron chi connectivity index (χ4n) is 1.20. The highest BCUT2D eigenvalue weighted by Crippen LogP contribution is 2.11. The Morgan fingerprint density at radius 3 is 2.81 bits per heavy atom. The van der Waals surface area contributed by atoms with Crippen LogP contribution < -0.4 is 10.2 Å². The van der Waals surface area contributed by atoms with Gasteiger partial charge >= 0.3 is 0 Å². The van der Waals surface area contributed by atoms with Crippen LogP contribution in [0.25, 0.3) is 0 Å². The molecule has 0 unspecified atom stereocenters. The van der Waals surface area contributed by atoms with E-state index in [0.29, 0.717) is 11.0 Å². The second kappa shape index (κ2) is 5.65. The number of aromatic nitrogens is 2. The first-order chi connectivity index (χ1) is 7.49. The first-order valence-corrected chi connectivity index (χ1v) is 5.35. The van der Waals surface area contributed by atoms with Gasteiger partial charge in [0.2, 0.25) is 5.91 Å². The van der Waals surface area contributed by atoms with Gasteiger partial charge in [-0.15, -0.1) is 0 Å². The smallest absolute Gasteiger partial charge is 0.239 e. The van der Waals surface area contributed by atoms with Crippen molar-refractivity contribution in [1.29, 1.82) is 0 Å². The summed E-state index contributed by atoms with van der Waals surface area (Å²) in [5.74, 6) is 0.575. The number of carbonyl (C=O) groups is 1. The first kappa shape index (κ1) is 12.7. The molecule has 1 aromatic rings. The number of hydrogen-bond donors (Lipinski definition) is 1. The van der Waals surface area contributed by atoms with Gasteiger partial charge in [-0.2, -0.15) is 0 Å². The Morgan fingerprint density at radius 2 is 2.25 bits per heavy atom. The molecule has 1 rings (SSSR count). The Labute approximate surface area is 99.8 Å². The summed E-state index contributed by atoms with van der Waals surface area (Å²) in [5.41, 5.74) is 0. The number of carbonyl (C=O) groups excluding carboxylic acids is 1. The average molecular weight is 243 g/mol. The largest absolute Gasteiger partial charge is 0.352 e. The predicted octanol–water partition coefficient (Wildman–Crippen LogP) is 1.09. The molecule has 0 radical (unpaired) electrons.